The van der Waals surface area contributed by atoms with Crippen LogP contribution in [0.15, 0.2) is 65.6 Å². The quantitative estimate of drug-likeness (QED) is 0.425. The van der Waals surface area contributed by atoms with Crippen molar-refractivity contribution in [2.75, 3.05) is 44.6 Å². The van der Waals surface area contributed by atoms with Crippen molar-refractivity contribution in [3.63, 3.8) is 0 Å². The van der Waals surface area contributed by atoms with Crippen molar-refractivity contribution in [3.05, 3.63) is 71.2 Å². The molecule has 0 bridgehead atoms. The average Bonchev–Trinajstić information content (AvgIpc) is 3.29. The van der Waals surface area contributed by atoms with E-state index in [1.807, 2.05) is 35.2 Å². The molecule has 2 heterocycles. The highest BCUT2D eigenvalue weighted by Gasteiger charge is 2.29. The molecule has 1 amide bonds. The number of ether oxygens (including phenoxy) is 1. The van der Waals surface area contributed by atoms with Crippen LogP contribution in [-0.2, 0) is 19.6 Å². The lowest BCUT2D eigenvalue weighted by molar-refractivity contribution is -0.117. The number of nitrogens with zero attached hydrogens (tertiary/aromatic N) is 2. The third kappa shape index (κ3) is 6.13. The third-order valence-electron chi connectivity index (χ3n) is 5.67. The van der Waals surface area contributed by atoms with Gasteiger partial charge in [0.2, 0.25) is 15.9 Å². The van der Waals surface area contributed by atoms with E-state index in [0.29, 0.717) is 28.7 Å². The van der Waals surface area contributed by atoms with Gasteiger partial charge in [0.05, 0.1) is 23.6 Å². The van der Waals surface area contributed by atoms with Gasteiger partial charge in [0.1, 0.15) is 5.00 Å². The SMILES string of the molecule is CCOC(=O)c1cc(-c2ccccc2)sc1NC(=O)CN1CCN(S(=O)(=O)c2cccc(Cl)c2)CC1. The Labute approximate surface area is 219 Å². The summed E-state index contributed by atoms with van der Waals surface area (Å²) in [5.41, 5.74) is 1.25. The summed E-state index contributed by atoms with van der Waals surface area (Å²) in [7, 11) is -3.66. The number of anilines is 1. The number of benzene rings is 2. The maximum atomic E-state index is 12.9. The smallest absolute Gasteiger partial charge is 0.341 e. The molecular formula is C25H26ClN3O5S2. The monoisotopic (exact) mass is 547 g/mol. The number of nitrogens with one attached hydrogen (secondary N) is 1. The highest BCUT2D eigenvalue weighted by molar-refractivity contribution is 7.89. The second-order valence-corrected chi connectivity index (χ2v) is 11.6. The van der Waals surface area contributed by atoms with E-state index in [2.05, 4.69) is 5.32 Å². The van der Waals surface area contributed by atoms with Crippen LogP contribution in [0.3, 0.4) is 0 Å². The number of halogens is 1. The van der Waals surface area contributed by atoms with Crippen molar-refractivity contribution in [1.29, 1.82) is 0 Å². The summed E-state index contributed by atoms with van der Waals surface area (Å²) in [6.07, 6.45) is 0. The van der Waals surface area contributed by atoms with E-state index in [1.54, 1.807) is 25.1 Å². The Morgan fingerprint density at radius 3 is 2.42 bits per heavy atom. The lowest BCUT2D eigenvalue weighted by Gasteiger charge is -2.33. The Balaban J connectivity index is 1.40. The van der Waals surface area contributed by atoms with Gasteiger partial charge in [-0.15, -0.1) is 11.3 Å². The first-order valence-electron chi connectivity index (χ1n) is 11.4. The molecule has 1 aliphatic heterocycles. The minimum Gasteiger partial charge on any atom is -0.462 e. The molecule has 0 radical (unpaired) electrons. The first kappa shape index (κ1) is 26.3. The predicted octanol–water partition coefficient (Wildman–Crippen LogP) is 4.19. The van der Waals surface area contributed by atoms with Crippen LogP contribution >= 0.6 is 22.9 Å². The van der Waals surface area contributed by atoms with E-state index in [-0.39, 0.29) is 37.0 Å². The van der Waals surface area contributed by atoms with E-state index < -0.39 is 16.0 Å². The van der Waals surface area contributed by atoms with Gasteiger partial charge in [-0.3, -0.25) is 9.69 Å². The molecule has 1 aromatic heterocycles. The van der Waals surface area contributed by atoms with E-state index >= 15 is 0 Å². The van der Waals surface area contributed by atoms with Gasteiger partial charge in [-0.25, -0.2) is 13.2 Å². The van der Waals surface area contributed by atoms with E-state index in [4.69, 9.17) is 16.3 Å². The van der Waals surface area contributed by atoms with Crippen LogP contribution in [-0.4, -0.2) is 68.8 Å². The summed E-state index contributed by atoms with van der Waals surface area (Å²) in [6, 6.07) is 17.5. The van der Waals surface area contributed by atoms with Gasteiger partial charge >= 0.3 is 5.97 Å². The molecule has 2 aromatic carbocycles. The number of thiophene rings is 1. The molecule has 0 aliphatic carbocycles. The van der Waals surface area contributed by atoms with Crippen LogP contribution in [0.1, 0.15) is 17.3 Å². The lowest BCUT2D eigenvalue weighted by Crippen LogP contribution is -2.50. The van der Waals surface area contributed by atoms with Crippen molar-refractivity contribution in [2.45, 2.75) is 11.8 Å². The number of hydrogen-bond acceptors (Lipinski definition) is 7. The number of hydrogen-bond donors (Lipinski definition) is 1. The van der Waals surface area contributed by atoms with Crippen LogP contribution in [0.2, 0.25) is 5.02 Å². The van der Waals surface area contributed by atoms with E-state index in [0.717, 1.165) is 10.4 Å². The van der Waals surface area contributed by atoms with Gasteiger partial charge in [0.25, 0.3) is 0 Å². The van der Waals surface area contributed by atoms with Crippen LogP contribution in [0.25, 0.3) is 10.4 Å². The lowest BCUT2D eigenvalue weighted by atomic mass is 10.1. The normalized spacial score (nSPS) is 14.9. The fraction of sp³-hybridized carbons (Fsp3) is 0.280. The second-order valence-electron chi connectivity index (χ2n) is 8.13. The van der Waals surface area contributed by atoms with Crippen LogP contribution < -0.4 is 5.32 Å². The molecule has 1 aliphatic rings. The fourth-order valence-corrected chi connectivity index (χ4v) is 6.65. The molecule has 1 fully saturated rings. The molecule has 0 atom stereocenters. The maximum absolute atomic E-state index is 12.9. The van der Waals surface area contributed by atoms with Crippen molar-refractivity contribution in [2.24, 2.45) is 0 Å². The molecule has 1 N–H and O–H groups in total. The van der Waals surface area contributed by atoms with Gasteiger partial charge in [-0.05, 0) is 36.8 Å². The minimum atomic E-state index is -3.66. The van der Waals surface area contributed by atoms with Crippen LogP contribution in [0.5, 0.6) is 0 Å². The van der Waals surface area contributed by atoms with Crippen LogP contribution in [0.4, 0.5) is 5.00 Å². The van der Waals surface area contributed by atoms with Gasteiger partial charge in [-0.1, -0.05) is 48.0 Å². The number of sulfonamides is 1. The Morgan fingerprint density at radius 2 is 1.75 bits per heavy atom. The zero-order valence-corrected chi connectivity index (χ0v) is 22.0. The molecule has 0 unspecified atom stereocenters. The predicted molar refractivity (Wildman–Crippen MR) is 141 cm³/mol. The average molecular weight is 548 g/mol. The molecule has 11 heteroatoms. The number of amides is 1. The minimum absolute atomic E-state index is 0.0753. The fourth-order valence-electron chi connectivity index (χ4n) is 3.86. The highest BCUT2D eigenvalue weighted by atomic mass is 35.5. The Kier molecular flexibility index (Phi) is 8.43. The van der Waals surface area contributed by atoms with E-state index in [1.165, 1.54) is 27.8 Å². The molecule has 36 heavy (non-hydrogen) atoms. The van der Waals surface area contributed by atoms with Crippen molar-refractivity contribution < 1.29 is 22.7 Å². The zero-order valence-electron chi connectivity index (χ0n) is 19.6. The molecule has 8 nitrogen and oxygen atoms in total. The summed E-state index contributed by atoms with van der Waals surface area (Å²) < 4.78 is 32.4. The van der Waals surface area contributed by atoms with Crippen molar-refractivity contribution >= 4 is 49.8 Å². The Bertz CT molecular complexity index is 1340. The molecule has 1 saturated heterocycles. The first-order valence-corrected chi connectivity index (χ1v) is 14.1. The number of carbonyl (C=O) groups excluding carboxylic acids is 2. The molecule has 3 aromatic rings. The summed E-state index contributed by atoms with van der Waals surface area (Å²) in [4.78, 5) is 28.2. The second kappa shape index (κ2) is 11.5. The summed E-state index contributed by atoms with van der Waals surface area (Å²) in [6.45, 7) is 3.35. The number of piperazine rings is 1. The molecule has 0 spiro atoms. The topological polar surface area (TPSA) is 96.0 Å². The highest BCUT2D eigenvalue weighted by Crippen LogP contribution is 2.36. The number of esters is 1. The molecular weight excluding hydrogens is 522 g/mol. The largest absolute Gasteiger partial charge is 0.462 e. The van der Waals surface area contributed by atoms with Gasteiger partial charge in [0.15, 0.2) is 0 Å². The third-order valence-corrected chi connectivity index (χ3v) is 8.90. The Morgan fingerprint density at radius 1 is 1.03 bits per heavy atom. The van der Waals surface area contributed by atoms with Gasteiger partial charge in [-0.2, -0.15) is 4.31 Å². The summed E-state index contributed by atoms with van der Waals surface area (Å²) in [5, 5.41) is 3.64. The summed E-state index contributed by atoms with van der Waals surface area (Å²) in [5.74, 6) is -0.778. The molecule has 4 rings (SSSR count). The zero-order chi connectivity index (χ0) is 25.7. The van der Waals surface area contributed by atoms with Gasteiger partial charge < -0.3 is 10.1 Å². The van der Waals surface area contributed by atoms with Crippen molar-refractivity contribution in [3.8, 4) is 10.4 Å². The number of rotatable bonds is 8. The Hall–Kier alpha value is -2.76. The first-order chi connectivity index (χ1) is 17.3. The van der Waals surface area contributed by atoms with E-state index in [9.17, 15) is 18.0 Å². The summed E-state index contributed by atoms with van der Waals surface area (Å²) >= 11 is 7.27. The standard InChI is InChI=1S/C25H26ClN3O5S2/c1-2-34-25(31)21-16-22(18-7-4-3-5-8-18)35-24(21)27-23(30)17-28-11-13-29(14-12-28)36(32,33)20-10-6-9-19(26)15-20/h3-10,15-16H,2,11-14,17H2,1H3,(H,27,30). The maximum Gasteiger partial charge on any atom is 0.341 e. The molecule has 190 valence electrons. The van der Waals surface area contributed by atoms with Crippen LogP contribution in [0, 0.1) is 0 Å². The van der Waals surface area contributed by atoms with Crippen molar-refractivity contribution in [1.82, 2.24) is 9.21 Å². The molecule has 0 saturated carbocycles. The number of carbonyl (C=O) groups is 2. The van der Waals surface area contributed by atoms with Gasteiger partial charge in [0, 0.05) is 36.1 Å².